The van der Waals surface area contributed by atoms with Gasteiger partial charge in [0.1, 0.15) is 5.75 Å². The molecule has 2 aromatic carbocycles. The molecule has 6 nitrogen and oxygen atoms in total. The van der Waals surface area contributed by atoms with Crippen LogP contribution in [0.4, 0.5) is 5.13 Å². The van der Waals surface area contributed by atoms with Gasteiger partial charge in [0.25, 0.3) is 0 Å². The number of hydrazone groups is 1. The van der Waals surface area contributed by atoms with E-state index in [4.69, 9.17) is 14.2 Å². The number of methoxy groups -OCH3 is 3. The number of nitrogens with one attached hydrogen (secondary N) is 1. The van der Waals surface area contributed by atoms with E-state index >= 15 is 0 Å². The Hall–Kier alpha value is -3.06. The Kier molecular flexibility index (Phi) is 6.16. The highest BCUT2D eigenvalue weighted by molar-refractivity contribution is 7.14. The second-order valence-corrected chi connectivity index (χ2v) is 7.01. The molecule has 0 radical (unpaired) electrons. The first-order chi connectivity index (χ1) is 13.5. The zero-order valence-electron chi connectivity index (χ0n) is 16.6. The standard InChI is InChI=1S/C21H23N3O3S/c1-13-6-7-15(8-14(13)2)17-12-28-21(23-17)24-22-11-16-9-19(26-4)20(27-5)10-18(16)25-3/h6-12H,1-5H3,(H,23,24)/b22-11-. The minimum atomic E-state index is 0.599. The maximum absolute atomic E-state index is 5.41. The Morgan fingerprint density at radius 3 is 2.32 bits per heavy atom. The smallest absolute Gasteiger partial charge is 0.203 e. The first kappa shape index (κ1) is 19.7. The quantitative estimate of drug-likeness (QED) is 0.454. The van der Waals surface area contributed by atoms with Crippen molar-refractivity contribution >= 4 is 22.7 Å². The van der Waals surface area contributed by atoms with Gasteiger partial charge in [-0.2, -0.15) is 5.10 Å². The lowest BCUT2D eigenvalue weighted by molar-refractivity contribution is 0.349. The molecule has 1 aromatic heterocycles. The van der Waals surface area contributed by atoms with Crippen LogP contribution >= 0.6 is 11.3 Å². The summed E-state index contributed by atoms with van der Waals surface area (Å²) < 4.78 is 16.0. The predicted octanol–water partition coefficient (Wildman–Crippen LogP) is 4.90. The maximum Gasteiger partial charge on any atom is 0.203 e. The molecule has 3 aromatic rings. The molecule has 0 aliphatic carbocycles. The fourth-order valence-corrected chi connectivity index (χ4v) is 3.34. The highest BCUT2D eigenvalue weighted by atomic mass is 32.1. The largest absolute Gasteiger partial charge is 0.496 e. The minimum absolute atomic E-state index is 0.599. The lowest BCUT2D eigenvalue weighted by Gasteiger charge is -2.11. The van der Waals surface area contributed by atoms with Gasteiger partial charge in [0.15, 0.2) is 11.5 Å². The van der Waals surface area contributed by atoms with E-state index in [-0.39, 0.29) is 0 Å². The molecule has 0 amide bonds. The summed E-state index contributed by atoms with van der Waals surface area (Å²) in [4.78, 5) is 4.60. The van der Waals surface area contributed by atoms with Crippen molar-refractivity contribution in [1.29, 1.82) is 0 Å². The predicted molar refractivity (Wildman–Crippen MR) is 114 cm³/mol. The van der Waals surface area contributed by atoms with Crippen LogP contribution < -0.4 is 19.6 Å². The van der Waals surface area contributed by atoms with Crippen LogP contribution in [-0.2, 0) is 0 Å². The second-order valence-electron chi connectivity index (χ2n) is 6.16. The summed E-state index contributed by atoms with van der Waals surface area (Å²) in [5.41, 5.74) is 8.28. The summed E-state index contributed by atoms with van der Waals surface area (Å²) in [6.07, 6.45) is 1.66. The van der Waals surface area contributed by atoms with E-state index in [1.807, 2.05) is 11.4 Å². The van der Waals surface area contributed by atoms with E-state index in [0.717, 1.165) is 16.8 Å². The summed E-state index contributed by atoms with van der Waals surface area (Å²) >= 11 is 1.50. The topological polar surface area (TPSA) is 65.0 Å². The number of thiazole rings is 1. The van der Waals surface area contributed by atoms with Gasteiger partial charge < -0.3 is 14.2 Å². The Morgan fingerprint density at radius 1 is 0.929 bits per heavy atom. The Morgan fingerprint density at radius 2 is 1.64 bits per heavy atom. The molecule has 0 aliphatic heterocycles. The van der Waals surface area contributed by atoms with Crippen molar-refractivity contribution in [3.8, 4) is 28.5 Å². The van der Waals surface area contributed by atoms with Crippen LogP contribution in [0.2, 0.25) is 0 Å². The van der Waals surface area contributed by atoms with Crippen molar-refractivity contribution in [3.05, 3.63) is 52.4 Å². The van der Waals surface area contributed by atoms with Gasteiger partial charge in [-0.1, -0.05) is 12.1 Å². The summed E-state index contributed by atoms with van der Waals surface area (Å²) in [6, 6.07) is 9.91. The molecule has 0 unspecified atom stereocenters. The lowest BCUT2D eigenvalue weighted by atomic mass is 10.1. The Labute approximate surface area is 168 Å². The van der Waals surface area contributed by atoms with Crippen molar-refractivity contribution in [2.45, 2.75) is 13.8 Å². The van der Waals surface area contributed by atoms with Gasteiger partial charge in [0.05, 0.1) is 33.2 Å². The molecule has 0 bridgehead atoms. The Bertz CT molecular complexity index is 999. The fraction of sp³-hybridized carbons (Fsp3) is 0.238. The number of hydrogen-bond donors (Lipinski definition) is 1. The summed E-state index contributed by atoms with van der Waals surface area (Å²) in [6.45, 7) is 4.20. The Balaban J connectivity index is 1.76. The summed E-state index contributed by atoms with van der Waals surface area (Å²) in [5.74, 6) is 1.84. The molecular formula is C21H23N3O3S. The molecule has 1 heterocycles. The monoisotopic (exact) mass is 397 g/mol. The number of nitrogens with zero attached hydrogens (tertiary/aromatic N) is 2. The van der Waals surface area contributed by atoms with Gasteiger partial charge in [-0.15, -0.1) is 11.3 Å². The van der Waals surface area contributed by atoms with E-state index in [9.17, 15) is 0 Å². The molecule has 1 N–H and O–H groups in total. The van der Waals surface area contributed by atoms with Gasteiger partial charge in [-0.05, 0) is 37.1 Å². The highest BCUT2D eigenvalue weighted by Gasteiger charge is 2.10. The summed E-state index contributed by atoms with van der Waals surface area (Å²) in [5, 5.41) is 7.01. The van der Waals surface area contributed by atoms with Crippen LogP contribution in [0.15, 0.2) is 40.8 Å². The third kappa shape index (κ3) is 4.26. The van der Waals surface area contributed by atoms with Gasteiger partial charge >= 0.3 is 0 Å². The molecule has 0 aliphatic rings. The fourth-order valence-electron chi connectivity index (χ4n) is 2.67. The zero-order chi connectivity index (χ0) is 20.1. The van der Waals surface area contributed by atoms with E-state index in [2.05, 4.69) is 47.6 Å². The number of benzene rings is 2. The van der Waals surface area contributed by atoms with E-state index < -0.39 is 0 Å². The van der Waals surface area contributed by atoms with Crippen LogP contribution in [0, 0.1) is 13.8 Å². The van der Waals surface area contributed by atoms with Crippen LogP contribution in [0.1, 0.15) is 16.7 Å². The molecule has 0 spiro atoms. The van der Waals surface area contributed by atoms with Crippen LogP contribution in [-0.4, -0.2) is 32.5 Å². The van der Waals surface area contributed by atoms with Gasteiger partial charge in [0, 0.05) is 22.6 Å². The third-order valence-electron chi connectivity index (χ3n) is 4.41. The van der Waals surface area contributed by atoms with Crippen LogP contribution in [0.5, 0.6) is 17.2 Å². The van der Waals surface area contributed by atoms with Crippen LogP contribution in [0.3, 0.4) is 0 Å². The van der Waals surface area contributed by atoms with Crippen molar-refractivity contribution in [2.75, 3.05) is 26.8 Å². The maximum atomic E-state index is 5.41. The molecular weight excluding hydrogens is 374 g/mol. The number of aryl methyl sites for hydroxylation is 2. The van der Waals surface area contributed by atoms with E-state index in [1.165, 1.54) is 22.5 Å². The SMILES string of the molecule is COc1cc(OC)c(OC)cc1/C=N\Nc1nc(-c2ccc(C)c(C)c2)cs1. The van der Waals surface area contributed by atoms with Crippen molar-refractivity contribution < 1.29 is 14.2 Å². The average Bonchev–Trinajstić information content (AvgIpc) is 3.18. The van der Waals surface area contributed by atoms with Crippen LogP contribution in [0.25, 0.3) is 11.3 Å². The van der Waals surface area contributed by atoms with Crippen molar-refractivity contribution in [2.24, 2.45) is 5.10 Å². The molecule has 146 valence electrons. The normalized spacial score (nSPS) is 10.9. The minimum Gasteiger partial charge on any atom is -0.496 e. The van der Waals surface area contributed by atoms with Gasteiger partial charge in [-0.3, -0.25) is 5.43 Å². The molecule has 7 heteroatoms. The first-order valence-corrected chi connectivity index (χ1v) is 9.56. The third-order valence-corrected chi connectivity index (χ3v) is 5.15. The zero-order valence-corrected chi connectivity index (χ0v) is 17.4. The summed E-state index contributed by atoms with van der Waals surface area (Å²) in [7, 11) is 4.78. The first-order valence-electron chi connectivity index (χ1n) is 8.68. The van der Waals surface area contributed by atoms with Gasteiger partial charge in [0.2, 0.25) is 5.13 Å². The molecule has 0 fully saturated rings. The second kappa shape index (κ2) is 8.75. The molecule has 0 atom stereocenters. The molecule has 28 heavy (non-hydrogen) atoms. The molecule has 0 saturated carbocycles. The number of anilines is 1. The van der Waals surface area contributed by atoms with E-state index in [1.54, 1.807) is 33.6 Å². The molecule has 3 rings (SSSR count). The lowest BCUT2D eigenvalue weighted by Crippen LogP contribution is -1.98. The van der Waals surface area contributed by atoms with E-state index in [0.29, 0.717) is 22.4 Å². The highest BCUT2D eigenvalue weighted by Crippen LogP contribution is 2.34. The number of hydrogen-bond acceptors (Lipinski definition) is 7. The molecule has 0 saturated heterocycles. The number of ether oxygens (including phenoxy) is 3. The average molecular weight is 398 g/mol. The van der Waals surface area contributed by atoms with Crippen molar-refractivity contribution in [3.63, 3.8) is 0 Å². The number of rotatable bonds is 7. The van der Waals surface area contributed by atoms with Crippen molar-refractivity contribution in [1.82, 2.24) is 4.98 Å². The van der Waals surface area contributed by atoms with Gasteiger partial charge in [-0.25, -0.2) is 4.98 Å². The number of aromatic nitrogens is 1.